The molecule has 0 spiro atoms. The van der Waals surface area contributed by atoms with Gasteiger partial charge in [-0.25, -0.2) is 4.98 Å². The highest BCUT2D eigenvalue weighted by Gasteiger charge is 2.13. The molecule has 2 aromatic rings. The summed E-state index contributed by atoms with van der Waals surface area (Å²) >= 11 is 3.37. The first-order chi connectivity index (χ1) is 7.24. The van der Waals surface area contributed by atoms with Crippen LogP contribution in [0.3, 0.4) is 0 Å². The van der Waals surface area contributed by atoms with Gasteiger partial charge in [0.05, 0.1) is 12.3 Å². The number of aliphatic hydroxyl groups is 1. The minimum absolute atomic E-state index is 0.0821. The maximum atomic E-state index is 9.08. The number of aromatic nitrogens is 3. The Morgan fingerprint density at radius 1 is 1.47 bits per heavy atom. The number of pyridine rings is 1. The van der Waals surface area contributed by atoms with Gasteiger partial charge in [-0.05, 0) is 28.1 Å². The van der Waals surface area contributed by atoms with Crippen molar-refractivity contribution < 1.29 is 5.11 Å². The van der Waals surface area contributed by atoms with Gasteiger partial charge in [-0.1, -0.05) is 6.07 Å². The first-order valence-electron chi connectivity index (χ1n) is 4.47. The molecule has 0 unspecified atom stereocenters. The third-order valence-electron chi connectivity index (χ3n) is 2.13. The van der Waals surface area contributed by atoms with E-state index in [4.69, 9.17) is 5.11 Å². The Balaban J connectivity index is 2.55. The summed E-state index contributed by atoms with van der Waals surface area (Å²) in [6.07, 6.45) is 1.72. The molecular weight excluding hydrogens is 258 g/mol. The molecule has 0 aliphatic rings. The Kier molecular flexibility index (Phi) is 2.83. The number of halogens is 1. The normalized spacial score (nSPS) is 10.6. The van der Waals surface area contributed by atoms with Crippen molar-refractivity contribution in [2.75, 3.05) is 0 Å². The first-order valence-corrected chi connectivity index (χ1v) is 5.26. The van der Waals surface area contributed by atoms with Crippen LogP contribution in [0.4, 0.5) is 0 Å². The highest BCUT2D eigenvalue weighted by molar-refractivity contribution is 9.10. The van der Waals surface area contributed by atoms with Gasteiger partial charge in [-0.3, -0.25) is 4.98 Å². The number of rotatable bonds is 2. The van der Waals surface area contributed by atoms with E-state index in [1.54, 1.807) is 6.20 Å². The molecule has 0 aliphatic heterocycles. The van der Waals surface area contributed by atoms with Crippen molar-refractivity contribution in [3.05, 3.63) is 34.7 Å². The summed E-state index contributed by atoms with van der Waals surface area (Å²) in [6.45, 7) is -0.0821. The molecule has 0 aliphatic carbocycles. The molecular formula is C10H10BrN3O. The van der Waals surface area contributed by atoms with Crippen molar-refractivity contribution in [2.45, 2.75) is 6.61 Å². The summed E-state index contributed by atoms with van der Waals surface area (Å²) in [5, 5.41) is 9.08. The lowest BCUT2D eigenvalue weighted by molar-refractivity contribution is 0.276. The Morgan fingerprint density at radius 3 is 2.80 bits per heavy atom. The Morgan fingerprint density at radius 2 is 2.27 bits per heavy atom. The van der Waals surface area contributed by atoms with Gasteiger partial charge < -0.3 is 9.67 Å². The van der Waals surface area contributed by atoms with E-state index in [9.17, 15) is 0 Å². The molecule has 0 saturated carbocycles. The fourth-order valence-corrected chi connectivity index (χ4v) is 1.74. The number of hydrogen-bond acceptors (Lipinski definition) is 3. The van der Waals surface area contributed by atoms with Crippen LogP contribution in [-0.2, 0) is 13.7 Å². The van der Waals surface area contributed by atoms with E-state index in [1.165, 1.54) is 0 Å². The second-order valence-corrected chi connectivity index (χ2v) is 3.86. The monoisotopic (exact) mass is 267 g/mol. The summed E-state index contributed by atoms with van der Waals surface area (Å²) in [7, 11) is 1.88. The molecule has 2 rings (SSSR count). The standard InChI is InChI=1S/C10H10BrN3O/c1-14-9(11)8(6-15)13-10(14)7-4-2-3-5-12-7/h2-5,15H,6H2,1H3. The minimum Gasteiger partial charge on any atom is -0.390 e. The molecule has 0 fully saturated rings. The van der Waals surface area contributed by atoms with E-state index in [1.807, 2.05) is 29.8 Å². The predicted molar refractivity (Wildman–Crippen MR) is 60.1 cm³/mol. The van der Waals surface area contributed by atoms with Crippen LogP contribution < -0.4 is 0 Å². The molecule has 5 heteroatoms. The molecule has 2 heterocycles. The molecule has 0 atom stereocenters. The second-order valence-electron chi connectivity index (χ2n) is 3.11. The average Bonchev–Trinajstić information content (AvgIpc) is 2.57. The lowest BCUT2D eigenvalue weighted by Gasteiger charge is -2.00. The molecule has 15 heavy (non-hydrogen) atoms. The average molecular weight is 268 g/mol. The quantitative estimate of drug-likeness (QED) is 0.902. The van der Waals surface area contributed by atoms with Gasteiger partial charge in [0.15, 0.2) is 5.82 Å². The van der Waals surface area contributed by atoms with Crippen LogP contribution in [0.1, 0.15) is 5.69 Å². The van der Waals surface area contributed by atoms with Crippen molar-refractivity contribution in [1.82, 2.24) is 14.5 Å². The molecule has 2 aromatic heterocycles. The number of aliphatic hydroxyl groups excluding tert-OH is 1. The fourth-order valence-electron chi connectivity index (χ4n) is 1.36. The number of nitrogens with zero attached hydrogens (tertiary/aromatic N) is 3. The highest BCUT2D eigenvalue weighted by atomic mass is 79.9. The van der Waals surface area contributed by atoms with Crippen molar-refractivity contribution in [1.29, 1.82) is 0 Å². The highest BCUT2D eigenvalue weighted by Crippen LogP contribution is 2.23. The molecule has 0 amide bonds. The van der Waals surface area contributed by atoms with Gasteiger partial charge in [0.1, 0.15) is 10.3 Å². The summed E-state index contributed by atoms with van der Waals surface area (Å²) in [6, 6.07) is 5.65. The summed E-state index contributed by atoms with van der Waals surface area (Å²) < 4.78 is 2.64. The zero-order valence-corrected chi connectivity index (χ0v) is 9.77. The lowest BCUT2D eigenvalue weighted by Crippen LogP contribution is -1.94. The van der Waals surface area contributed by atoms with Crippen LogP contribution in [0.15, 0.2) is 29.0 Å². The van der Waals surface area contributed by atoms with E-state index in [0.717, 1.165) is 16.1 Å². The molecule has 0 bridgehead atoms. The Hall–Kier alpha value is -1.20. The van der Waals surface area contributed by atoms with Gasteiger partial charge in [0, 0.05) is 13.2 Å². The topological polar surface area (TPSA) is 50.9 Å². The smallest absolute Gasteiger partial charge is 0.159 e. The van der Waals surface area contributed by atoms with Gasteiger partial charge >= 0.3 is 0 Å². The van der Waals surface area contributed by atoms with Crippen LogP contribution in [-0.4, -0.2) is 19.6 Å². The third-order valence-corrected chi connectivity index (χ3v) is 3.12. The van der Waals surface area contributed by atoms with Gasteiger partial charge in [0.2, 0.25) is 0 Å². The van der Waals surface area contributed by atoms with Crippen molar-refractivity contribution in [3.8, 4) is 11.5 Å². The zero-order valence-electron chi connectivity index (χ0n) is 8.18. The lowest BCUT2D eigenvalue weighted by atomic mass is 10.3. The fraction of sp³-hybridized carbons (Fsp3) is 0.200. The Bertz CT molecular complexity index is 467. The maximum absolute atomic E-state index is 9.08. The van der Waals surface area contributed by atoms with Gasteiger partial charge in [0.25, 0.3) is 0 Å². The van der Waals surface area contributed by atoms with Crippen molar-refractivity contribution in [3.63, 3.8) is 0 Å². The third kappa shape index (κ3) is 1.80. The van der Waals surface area contributed by atoms with Gasteiger partial charge in [-0.15, -0.1) is 0 Å². The molecule has 0 radical (unpaired) electrons. The first kappa shape index (κ1) is 10.3. The number of imidazole rings is 1. The minimum atomic E-state index is -0.0821. The van der Waals surface area contributed by atoms with E-state index in [0.29, 0.717) is 5.69 Å². The summed E-state index contributed by atoms with van der Waals surface area (Å²) in [5.74, 6) is 0.742. The molecule has 4 nitrogen and oxygen atoms in total. The largest absolute Gasteiger partial charge is 0.390 e. The van der Waals surface area contributed by atoms with Crippen LogP contribution >= 0.6 is 15.9 Å². The van der Waals surface area contributed by atoms with Crippen LogP contribution in [0, 0.1) is 0 Å². The van der Waals surface area contributed by atoms with Crippen LogP contribution in [0.25, 0.3) is 11.5 Å². The van der Waals surface area contributed by atoms with Crippen molar-refractivity contribution in [2.24, 2.45) is 7.05 Å². The van der Waals surface area contributed by atoms with Crippen LogP contribution in [0.2, 0.25) is 0 Å². The zero-order chi connectivity index (χ0) is 10.8. The molecule has 0 aromatic carbocycles. The van der Waals surface area contributed by atoms with E-state index >= 15 is 0 Å². The Labute approximate surface area is 95.7 Å². The van der Waals surface area contributed by atoms with Crippen molar-refractivity contribution >= 4 is 15.9 Å². The second kappa shape index (κ2) is 4.12. The summed E-state index contributed by atoms with van der Waals surface area (Å²) in [5.41, 5.74) is 1.42. The summed E-state index contributed by atoms with van der Waals surface area (Å²) in [4.78, 5) is 8.51. The van der Waals surface area contributed by atoms with E-state index in [2.05, 4.69) is 25.9 Å². The number of hydrogen-bond donors (Lipinski definition) is 1. The maximum Gasteiger partial charge on any atom is 0.159 e. The van der Waals surface area contributed by atoms with Gasteiger partial charge in [-0.2, -0.15) is 0 Å². The molecule has 78 valence electrons. The van der Waals surface area contributed by atoms with Crippen LogP contribution in [0.5, 0.6) is 0 Å². The van der Waals surface area contributed by atoms with E-state index in [-0.39, 0.29) is 6.61 Å². The van der Waals surface area contributed by atoms with E-state index < -0.39 is 0 Å². The predicted octanol–water partition coefficient (Wildman–Crippen LogP) is 1.74. The molecule has 0 saturated heterocycles. The SMILES string of the molecule is Cn1c(-c2ccccn2)nc(CO)c1Br. The molecule has 1 N–H and O–H groups in total.